The van der Waals surface area contributed by atoms with E-state index in [9.17, 15) is 8.42 Å². The summed E-state index contributed by atoms with van der Waals surface area (Å²) in [5, 5.41) is 6.85. The molecular weight excluding hydrogens is 284 g/mol. The number of sulfonamides is 1. The van der Waals surface area contributed by atoms with Gasteiger partial charge in [0.1, 0.15) is 0 Å². The van der Waals surface area contributed by atoms with Crippen LogP contribution in [-0.2, 0) is 16.4 Å². The third kappa shape index (κ3) is 4.27. The summed E-state index contributed by atoms with van der Waals surface area (Å²) in [5.74, 6) is 0. The maximum Gasteiger partial charge on any atom is 0.238 e. The number of unbranched alkanes of at least 4 members (excludes halogenated alkanes) is 3. The molecule has 0 spiro atoms. The molecule has 114 valence electrons. The van der Waals surface area contributed by atoms with Crippen LogP contribution in [0.5, 0.6) is 0 Å². The number of aryl methyl sites for hydroxylation is 1. The fourth-order valence-electron chi connectivity index (χ4n) is 2.53. The van der Waals surface area contributed by atoms with E-state index in [1.54, 1.807) is 12.1 Å². The molecule has 0 aliphatic heterocycles. The second kappa shape index (κ2) is 7.02. The van der Waals surface area contributed by atoms with E-state index in [0.717, 1.165) is 31.2 Å². The largest absolute Gasteiger partial charge is 0.330 e. The van der Waals surface area contributed by atoms with Crippen molar-refractivity contribution in [2.45, 2.75) is 37.0 Å². The summed E-state index contributed by atoms with van der Waals surface area (Å²) in [7, 11) is -3.68. The molecule has 0 bridgehead atoms. The first kappa shape index (κ1) is 15.9. The molecule has 0 aromatic heterocycles. The Morgan fingerprint density at radius 3 is 2.43 bits per heavy atom. The lowest BCUT2D eigenvalue weighted by molar-refractivity contribution is 0.598. The molecular formula is C16H22N2O2S. The minimum absolute atomic E-state index is 0.189. The minimum atomic E-state index is -3.68. The van der Waals surface area contributed by atoms with Gasteiger partial charge in [-0.2, -0.15) is 0 Å². The molecule has 0 heterocycles. The van der Waals surface area contributed by atoms with Crippen molar-refractivity contribution in [3.63, 3.8) is 0 Å². The van der Waals surface area contributed by atoms with Gasteiger partial charge in [-0.05, 0) is 42.8 Å². The van der Waals surface area contributed by atoms with Crippen molar-refractivity contribution in [1.82, 2.24) is 0 Å². The van der Waals surface area contributed by atoms with Crippen LogP contribution in [0.1, 0.15) is 31.2 Å². The Hall–Kier alpha value is -1.43. The summed E-state index contributed by atoms with van der Waals surface area (Å²) in [6.07, 6.45) is 5.54. The maximum absolute atomic E-state index is 11.6. The molecule has 4 N–H and O–H groups in total. The van der Waals surface area contributed by atoms with E-state index in [4.69, 9.17) is 10.9 Å². The van der Waals surface area contributed by atoms with E-state index >= 15 is 0 Å². The van der Waals surface area contributed by atoms with Crippen LogP contribution in [0.25, 0.3) is 10.8 Å². The topological polar surface area (TPSA) is 86.2 Å². The zero-order valence-electron chi connectivity index (χ0n) is 12.1. The molecule has 2 rings (SSSR count). The summed E-state index contributed by atoms with van der Waals surface area (Å²) >= 11 is 0. The molecule has 0 atom stereocenters. The smallest absolute Gasteiger partial charge is 0.238 e. The van der Waals surface area contributed by atoms with Crippen molar-refractivity contribution >= 4 is 20.8 Å². The average Bonchev–Trinajstić information content (AvgIpc) is 2.45. The van der Waals surface area contributed by atoms with E-state index < -0.39 is 10.0 Å². The van der Waals surface area contributed by atoms with Gasteiger partial charge in [0, 0.05) is 5.39 Å². The predicted octanol–water partition coefficient (Wildman–Crippen LogP) is 2.55. The summed E-state index contributed by atoms with van der Waals surface area (Å²) in [5.41, 5.74) is 6.70. The Kier molecular flexibility index (Phi) is 5.33. The normalized spacial score (nSPS) is 11.9. The maximum atomic E-state index is 11.6. The summed E-state index contributed by atoms with van der Waals surface area (Å²) in [4.78, 5) is 0.189. The molecule has 0 radical (unpaired) electrons. The lowest BCUT2D eigenvalue weighted by atomic mass is 10.0. The highest BCUT2D eigenvalue weighted by molar-refractivity contribution is 7.89. The molecule has 0 amide bonds. The number of hydrogen-bond acceptors (Lipinski definition) is 3. The Morgan fingerprint density at radius 2 is 1.71 bits per heavy atom. The van der Waals surface area contributed by atoms with Crippen molar-refractivity contribution in [2.75, 3.05) is 6.54 Å². The first-order valence-electron chi connectivity index (χ1n) is 7.27. The molecule has 0 aliphatic carbocycles. The number of fused-ring (bicyclic) bond motifs is 1. The quantitative estimate of drug-likeness (QED) is 0.771. The standard InChI is InChI=1S/C16H22N2O2S/c17-11-4-2-1-3-6-13-9-10-15-14(12-13)7-5-8-16(15)21(18,19)20/h5,7-10,12H,1-4,6,11,17H2,(H2,18,19,20). The molecule has 0 aliphatic rings. The molecule has 21 heavy (non-hydrogen) atoms. The van der Waals surface area contributed by atoms with Gasteiger partial charge >= 0.3 is 0 Å². The second-order valence-corrected chi connectivity index (χ2v) is 6.84. The van der Waals surface area contributed by atoms with Crippen LogP contribution < -0.4 is 10.9 Å². The van der Waals surface area contributed by atoms with Crippen LogP contribution in [0.2, 0.25) is 0 Å². The fraction of sp³-hybridized carbons (Fsp3) is 0.375. The summed E-state index contributed by atoms with van der Waals surface area (Å²) < 4.78 is 23.1. The second-order valence-electron chi connectivity index (χ2n) is 5.31. The number of hydrogen-bond donors (Lipinski definition) is 2. The van der Waals surface area contributed by atoms with Gasteiger partial charge in [0.05, 0.1) is 4.90 Å². The highest BCUT2D eigenvalue weighted by Gasteiger charge is 2.11. The Bertz CT molecular complexity index is 711. The SMILES string of the molecule is NCCCCCCc1ccc2c(S(N)(=O)=O)cccc2c1. The molecule has 0 saturated heterocycles. The van der Waals surface area contributed by atoms with Gasteiger partial charge in [0.25, 0.3) is 0 Å². The fourth-order valence-corrected chi connectivity index (χ4v) is 3.29. The van der Waals surface area contributed by atoms with E-state index in [1.807, 2.05) is 24.3 Å². The lowest BCUT2D eigenvalue weighted by Crippen LogP contribution is -2.12. The Labute approximate surface area is 126 Å². The van der Waals surface area contributed by atoms with Crippen LogP contribution in [0.4, 0.5) is 0 Å². The van der Waals surface area contributed by atoms with Crippen LogP contribution in [0.3, 0.4) is 0 Å². The zero-order chi connectivity index (χ0) is 15.3. The highest BCUT2D eigenvalue weighted by atomic mass is 32.2. The van der Waals surface area contributed by atoms with Gasteiger partial charge in [-0.15, -0.1) is 0 Å². The van der Waals surface area contributed by atoms with Crippen LogP contribution in [0.15, 0.2) is 41.3 Å². The number of benzene rings is 2. The van der Waals surface area contributed by atoms with E-state index in [2.05, 4.69) is 0 Å². The first-order chi connectivity index (χ1) is 10.0. The van der Waals surface area contributed by atoms with Gasteiger partial charge in [-0.25, -0.2) is 13.6 Å². The zero-order valence-corrected chi connectivity index (χ0v) is 12.9. The average molecular weight is 306 g/mol. The molecule has 2 aromatic rings. The summed E-state index contributed by atoms with van der Waals surface area (Å²) in [6, 6.07) is 11.1. The van der Waals surface area contributed by atoms with E-state index in [-0.39, 0.29) is 4.90 Å². The van der Waals surface area contributed by atoms with Gasteiger partial charge in [0.2, 0.25) is 10.0 Å². The first-order valence-corrected chi connectivity index (χ1v) is 8.81. The number of primary sulfonamides is 1. The van der Waals surface area contributed by atoms with E-state index in [0.29, 0.717) is 5.39 Å². The van der Waals surface area contributed by atoms with Crippen molar-refractivity contribution in [1.29, 1.82) is 0 Å². The molecule has 0 unspecified atom stereocenters. The van der Waals surface area contributed by atoms with Crippen LogP contribution in [-0.4, -0.2) is 15.0 Å². The lowest BCUT2D eigenvalue weighted by Gasteiger charge is -2.07. The van der Waals surface area contributed by atoms with Crippen molar-refractivity contribution < 1.29 is 8.42 Å². The number of rotatable bonds is 7. The highest BCUT2D eigenvalue weighted by Crippen LogP contribution is 2.24. The van der Waals surface area contributed by atoms with Crippen molar-refractivity contribution in [3.8, 4) is 0 Å². The third-order valence-corrected chi connectivity index (χ3v) is 4.60. The van der Waals surface area contributed by atoms with Crippen molar-refractivity contribution in [2.24, 2.45) is 10.9 Å². The Morgan fingerprint density at radius 1 is 0.952 bits per heavy atom. The van der Waals surface area contributed by atoms with Gasteiger partial charge < -0.3 is 5.73 Å². The predicted molar refractivity (Wildman–Crippen MR) is 86.5 cm³/mol. The van der Waals surface area contributed by atoms with Crippen molar-refractivity contribution in [3.05, 3.63) is 42.0 Å². The van der Waals surface area contributed by atoms with E-state index in [1.165, 1.54) is 18.4 Å². The minimum Gasteiger partial charge on any atom is -0.330 e. The van der Waals surface area contributed by atoms with Gasteiger partial charge in [-0.3, -0.25) is 0 Å². The third-order valence-electron chi connectivity index (χ3n) is 3.63. The van der Waals surface area contributed by atoms with Gasteiger partial charge in [-0.1, -0.05) is 43.2 Å². The monoisotopic (exact) mass is 306 g/mol. The molecule has 0 fully saturated rings. The van der Waals surface area contributed by atoms with Crippen LogP contribution in [0, 0.1) is 0 Å². The number of nitrogens with two attached hydrogens (primary N) is 2. The molecule has 0 saturated carbocycles. The summed E-state index contributed by atoms with van der Waals surface area (Å²) in [6.45, 7) is 0.756. The van der Waals surface area contributed by atoms with Gasteiger partial charge in [0.15, 0.2) is 0 Å². The molecule has 2 aromatic carbocycles. The Balaban J connectivity index is 2.16. The van der Waals surface area contributed by atoms with Crippen LogP contribution >= 0.6 is 0 Å². The molecule has 4 nitrogen and oxygen atoms in total. The molecule has 5 heteroatoms.